The Labute approximate surface area is 72.0 Å². The van der Waals surface area contributed by atoms with Gasteiger partial charge in [0, 0.05) is 0 Å². The molecule has 0 spiro atoms. The molecular weight excluding hydrogens is 182 g/mol. The maximum Gasteiger partial charge on any atom is 0.323 e. The molecule has 2 amide bonds. The molecule has 0 aromatic carbocycles. The van der Waals surface area contributed by atoms with Crippen molar-refractivity contribution in [2.24, 2.45) is 0 Å². The van der Waals surface area contributed by atoms with Crippen LogP contribution in [0.3, 0.4) is 0 Å². The van der Waals surface area contributed by atoms with Gasteiger partial charge in [-0.1, -0.05) is 6.58 Å². The second-order valence-electron chi connectivity index (χ2n) is 2.08. The van der Waals surface area contributed by atoms with E-state index in [1.54, 1.807) is 0 Å². The molecule has 6 heteroatoms. The highest BCUT2D eigenvalue weighted by Gasteiger charge is 2.34. The van der Waals surface area contributed by atoms with Crippen molar-refractivity contribution >= 4 is 28.9 Å². The van der Waals surface area contributed by atoms with Gasteiger partial charge in [-0.25, -0.2) is 0 Å². The lowest BCUT2D eigenvalue weighted by atomic mass is 10.5. The zero-order valence-corrected chi connectivity index (χ0v) is 6.76. The standard InChI is InChI=1S/C6H5NO4S/c1-3-5(10)7(2-4(8)9)6(11)12-3/h1-2H2,(H,8,9). The average molecular weight is 187 g/mol. The number of thioether (sulfide) groups is 1. The van der Waals surface area contributed by atoms with Crippen LogP contribution >= 0.6 is 11.8 Å². The van der Waals surface area contributed by atoms with Crippen LogP contribution in [-0.2, 0) is 9.59 Å². The van der Waals surface area contributed by atoms with E-state index in [0.29, 0.717) is 16.7 Å². The van der Waals surface area contributed by atoms with Crippen molar-refractivity contribution in [3.05, 3.63) is 11.5 Å². The third-order valence-corrected chi connectivity index (χ3v) is 2.02. The van der Waals surface area contributed by atoms with Crippen LogP contribution in [0.25, 0.3) is 0 Å². The molecule has 1 heterocycles. The van der Waals surface area contributed by atoms with Crippen molar-refractivity contribution in [3.63, 3.8) is 0 Å². The fourth-order valence-corrected chi connectivity index (χ4v) is 1.38. The van der Waals surface area contributed by atoms with Crippen LogP contribution in [0.5, 0.6) is 0 Å². The van der Waals surface area contributed by atoms with Gasteiger partial charge in [-0.2, -0.15) is 0 Å². The second kappa shape index (κ2) is 2.98. The smallest absolute Gasteiger partial charge is 0.323 e. The molecule has 0 aromatic rings. The number of rotatable bonds is 2. The predicted molar refractivity (Wildman–Crippen MR) is 41.5 cm³/mol. The van der Waals surface area contributed by atoms with E-state index in [1.807, 2.05) is 0 Å². The Morgan fingerprint density at radius 3 is 2.50 bits per heavy atom. The van der Waals surface area contributed by atoms with Crippen LogP contribution in [0, 0.1) is 0 Å². The number of nitrogens with zero attached hydrogens (tertiary/aromatic N) is 1. The number of imide groups is 1. The van der Waals surface area contributed by atoms with Gasteiger partial charge in [-0.15, -0.1) is 0 Å². The van der Waals surface area contributed by atoms with Gasteiger partial charge in [-0.05, 0) is 11.8 Å². The van der Waals surface area contributed by atoms with E-state index in [-0.39, 0.29) is 4.91 Å². The molecule has 0 aliphatic carbocycles. The van der Waals surface area contributed by atoms with Crippen molar-refractivity contribution in [2.75, 3.05) is 6.54 Å². The normalized spacial score (nSPS) is 17.3. The molecule has 64 valence electrons. The van der Waals surface area contributed by atoms with Gasteiger partial charge in [0.05, 0.1) is 4.91 Å². The number of carboxylic acids is 1. The van der Waals surface area contributed by atoms with Gasteiger partial charge >= 0.3 is 5.97 Å². The van der Waals surface area contributed by atoms with Crippen molar-refractivity contribution < 1.29 is 19.5 Å². The molecule has 1 aliphatic heterocycles. The largest absolute Gasteiger partial charge is 0.480 e. The first-order chi connectivity index (χ1) is 5.52. The average Bonchev–Trinajstić information content (AvgIpc) is 2.16. The number of hydrogen-bond donors (Lipinski definition) is 1. The zero-order chi connectivity index (χ0) is 9.30. The monoisotopic (exact) mass is 187 g/mol. The molecule has 1 N–H and O–H groups in total. The summed E-state index contributed by atoms with van der Waals surface area (Å²) in [5, 5.41) is 7.73. The van der Waals surface area contributed by atoms with Crippen LogP contribution < -0.4 is 0 Å². The highest BCUT2D eigenvalue weighted by Crippen LogP contribution is 2.28. The summed E-state index contributed by atoms with van der Waals surface area (Å²) >= 11 is 0.658. The van der Waals surface area contributed by atoms with Crippen LogP contribution in [0.2, 0.25) is 0 Å². The van der Waals surface area contributed by atoms with Gasteiger partial charge in [-0.3, -0.25) is 19.3 Å². The molecule has 0 atom stereocenters. The third kappa shape index (κ3) is 1.48. The summed E-state index contributed by atoms with van der Waals surface area (Å²) in [7, 11) is 0. The lowest BCUT2D eigenvalue weighted by molar-refractivity contribution is -0.140. The number of hydrogen-bond acceptors (Lipinski definition) is 4. The Hall–Kier alpha value is -1.30. The SMILES string of the molecule is C=C1SC(=O)N(CC(=O)O)C1=O. The van der Waals surface area contributed by atoms with E-state index in [4.69, 9.17) is 5.11 Å². The summed E-state index contributed by atoms with van der Waals surface area (Å²) < 4.78 is 0. The highest BCUT2D eigenvalue weighted by atomic mass is 32.2. The minimum absolute atomic E-state index is 0.0706. The molecule has 12 heavy (non-hydrogen) atoms. The van der Waals surface area contributed by atoms with E-state index in [0.717, 1.165) is 0 Å². The maximum absolute atomic E-state index is 11.0. The van der Waals surface area contributed by atoms with E-state index in [1.165, 1.54) is 0 Å². The second-order valence-corrected chi connectivity index (χ2v) is 3.12. The van der Waals surface area contributed by atoms with E-state index < -0.39 is 23.7 Å². The van der Waals surface area contributed by atoms with Crippen molar-refractivity contribution in [1.29, 1.82) is 0 Å². The Morgan fingerprint density at radius 1 is 1.58 bits per heavy atom. The highest BCUT2D eigenvalue weighted by molar-refractivity contribution is 8.18. The lowest BCUT2D eigenvalue weighted by Gasteiger charge is -2.07. The van der Waals surface area contributed by atoms with Crippen LogP contribution in [0.1, 0.15) is 0 Å². The van der Waals surface area contributed by atoms with Crippen LogP contribution in [0.4, 0.5) is 4.79 Å². The molecular formula is C6H5NO4S. The molecule has 1 saturated heterocycles. The van der Waals surface area contributed by atoms with Crippen molar-refractivity contribution in [3.8, 4) is 0 Å². The van der Waals surface area contributed by atoms with E-state index in [9.17, 15) is 14.4 Å². The van der Waals surface area contributed by atoms with Crippen LogP contribution in [0.15, 0.2) is 11.5 Å². The molecule has 1 rings (SSSR count). The van der Waals surface area contributed by atoms with Crippen molar-refractivity contribution in [1.82, 2.24) is 4.90 Å². The molecule has 0 bridgehead atoms. The fraction of sp³-hybridized carbons (Fsp3) is 0.167. The summed E-state index contributed by atoms with van der Waals surface area (Å²) in [5.74, 6) is -1.83. The number of carbonyl (C=O) groups is 3. The molecule has 0 unspecified atom stereocenters. The Bertz CT molecular complexity index is 285. The fourth-order valence-electron chi connectivity index (χ4n) is 0.709. The van der Waals surface area contributed by atoms with Gasteiger partial charge < -0.3 is 5.11 Å². The number of carbonyl (C=O) groups excluding carboxylic acids is 2. The van der Waals surface area contributed by atoms with E-state index in [2.05, 4.69) is 6.58 Å². The Kier molecular flexibility index (Phi) is 2.18. The minimum Gasteiger partial charge on any atom is -0.480 e. The minimum atomic E-state index is -1.22. The first kappa shape index (κ1) is 8.79. The number of carboxylic acid groups (broad SMARTS) is 1. The van der Waals surface area contributed by atoms with E-state index >= 15 is 0 Å². The van der Waals surface area contributed by atoms with Gasteiger partial charge in [0.2, 0.25) is 0 Å². The van der Waals surface area contributed by atoms with Gasteiger partial charge in [0.25, 0.3) is 11.1 Å². The molecule has 0 saturated carbocycles. The summed E-state index contributed by atoms with van der Waals surface area (Å²) in [5.41, 5.74) is 0. The number of aliphatic carboxylic acids is 1. The third-order valence-electron chi connectivity index (χ3n) is 1.21. The Balaban J connectivity index is 2.77. The van der Waals surface area contributed by atoms with Gasteiger partial charge in [0.1, 0.15) is 6.54 Å². The maximum atomic E-state index is 11.0. The summed E-state index contributed by atoms with van der Waals surface area (Å²) in [6.07, 6.45) is 0. The molecule has 5 nitrogen and oxygen atoms in total. The quantitative estimate of drug-likeness (QED) is 0.628. The lowest BCUT2D eigenvalue weighted by Crippen LogP contribution is -2.33. The predicted octanol–water partition coefficient (Wildman–Crippen LogP) is 0.280. The Morgan fingerprint density at radius 2 is 2.17 bits per heavy atom. The van der Waals surface area contributed by atoms with Crippen molar-refractivity contribution in [2.45, 2.75) is 0 Å². The van der Waals surface area contributed by atoms with Gasteiger partial charge in [0.15, 0.2) is 0 Å². The first-order valence-electron chi connectivity index (χ1n) is 2.96. The summed E-state index contributed by atoms with van der Waals surface area (Å²) in [6, 6.07) is 0. The summed E-state index contributed by atoms with van der Waals surface area (Å²) in [6.45, 7) is 2.71. The molecule has 0 aromatic heterocycles. The summed E-state index contributed by atoms with van der Waals surface area (Å²) in [4.78, 5) is 32.7. The first-order valence-corrected chi connectivity index (χ1v) is 3.78. The molecule has 0 radical (unpaired) electrons. The zero-order valence-electron chi connectivity index (χ0n) is 5.94. The molecule has 1 fully saturated rings. The van der Waals surface area contributed by atoms with Crippen LogP contribution in [-0.4, -0.2) is 33.7 Å². The topological polar surface area (TPSA) is 74.7 Å². The number of amides is 2. The molecule has 1 aliphatic rings.